The zero-order valence-electron chi connectivity index (χ0n) is 14.4. The zero-order valence-corrected chi connectivity index (χ0v) is 14.4. The van der Waals surface area contributed by atoms with Crippen molar-refractivity contribution >= 4 is 11.6 Å². The first-order valence-electron chi connectivity index (χ1n) is 8.79. The van der Waals surface area contributed by atoms with Crippen LogP contribution in [0.1, 0.15) is 46.1 Å². The number of aryl methyl sites for hydroxylation is 1. The molecule has 1 aromatic carbocycles. The maximum Gasteiger partial charge on any atom is 0.274 e. The number of nitrogens with zero attached hydrogens (tertiary/aromatic N) is 3. The minimum Gasteiger partial charge on any atom is -0.368 e. The Bertz CT molecular complexity index is 754. The van der Waals surface area contributed by atoms with Gasteiger partial charge in [0.15, 0.2) is 0 Å². The molecule has 0 radical (unpaired) electrons. The van der Waals surface area contributed by atoms with Crippen LogP contribution in [0.2, 0.25) is 0 Å². The number of hydrogen-bond donors (Lipinski definition) is 1. The Morgan fingerprint density at radius 2 is 1.92 bits per heavy atom. The number of carbonyl (C=O) groups excluding carboxylic acids is 1. The Balaban J connectivity index is 1.41. The fourth-order valence-corrected chi connectivity index (χ4v) is 3.44. The molecule has 2 heterocycles. The summed E-state index contributed by atoms with van der Waals surface area (Å²) in [6.45, 7) is 7.56. The van der Waals surface area contributed by atoms with Gasteiger partial charge >= 0.3 is 0 Å². The van der Waals surface area contributed by atoms with E-state index in [2.05, 4.69) is 47.1 Å². The van der Waals surface area contributed by atoms with Gasteiger partial charge in [0, 0.05) is 43.5 Å². The topological polar surface area (TPSA) is 52.2 Å². The zero-order chi connectivity index (χ0) is 16.7. The molecule has 4 rings (SSSR count). The molecule has 126 valence electrons. The van der Waals surface area contributed by atoms with Gasteiger partial charge in [-0.2, -0.15) is 5.10 Å². The fourth-order valence-electron chi connectivity index (χ4n) is 3.44. The molecule has 1 aliphatic carbocycles. The predicted octanol–water partition coefficient (Wildman–Crippen LogP) is 2.87. The predicted molar refractivity (Wildman–Crippen MR) is 94.6 cm³/mol. The number of amides is 1. The summed E-state index contributed by atoms with van der Waals surface area (Å²) in [5, 5.41) is 7.25. The summed E-state index contributed by atoms with van der Waals surface area (Å²) in [6, 6.07) is 8.37. The minimum absolute atomic E-state index is 0.0544. The molecule has 24 heavy (non-hydrogen) atoms. The van der Waals surface area contributed by atoms with Crippen molar-refractivity contribution in [3.8, 4) is 0 Å². The fraction of sp³-hybridized carbons (Fsp3) is 0.474. The number of aromatic amines is 1. The lowest BCUT2D eigenvalue weighted by Crippen LogP contribution is -2.49. The first kappa shape index (κ1) is 15.2. The lowest BCUT2D eigenvalue weighted by atomic mass is 10.1. The SMILES string of the molecule is Cc1cccc(N2CCN(C(=O)c3cc(C4CC4)[nH]n3)CC2)c1C. The van der Waals surface area contributed by atoms with Gasteiger partial charge in [0.05, 0.1) is 0 Å². The molecule has 1 aromatic heterocycles. The van der Waals surface area contributed by atoms with E-state index in [4.69, 9.17) is 0 Å². The Labute approximate surface area is 142 Å². The number of rotatable bonds is 3. The lowest BCUT2D eigenvalue weighted by Gasteiger charge is -2.36. The maximum absolute atomic E-state index is 12.6. The summed E-state index contributed by atoms with van der Waals surface area (Å²) >= 11 is 0. The van der Waals surface area contributed by atoms with Crippen molar-refractivity contribution in [3.05, 3.63) is 46.8 Å². The molecule has 0 spiro atoms. The summed E-state index contributed by atoms with van der Waals surface area (Å²) < 4.78 is 0. The van der Waals surface area contributed by atoms with Crippen molar-refractivity contribution in [1.82, 2.24) is 15.1 Å². The summed E-state index contributed by atoms with van der Waals surface area (Å²) in [5.41, 5.74) is 5.62. The molecule has 2 fully saturated rings. The van der Waals surface area contributed by atoms with Gasteiger partial charge in [-0.25, -0.2) is 0 Å². The van der Waals surface area contributed by atoms with Gasteiger partial charge in [0.2, 0.25) is 0 Å². The van der Waals surface area contributed by atoms with Gasteiger partial charge in [-0.15, -0.1) is 0 Å². The normalized spacial score (nSPS) is 18.1. The summed E-state index contributed by atoms with van der Waals surface area (Å²) in [7, 11) is 0. The Kier molecular flexibility index (Phi) is 3.79. The second-order valence-corrected chi connectivity index (χ2v) is 6.98. The van der Waals surface area contributed by atoms with Crippen LogP contribution in [0, 0.1) is 13.8 Å². The van der Waals surface area contributed by atoms with Gasteiger partial charge < -0.3 is 9.80 Å². The average Bonchev–Trinajstić information content (AvgIpc) is 3.34. The molecule has 1 N–H and O–H groups in total. The van der Waals surface area contributed by atoms with Crippen LogP contribution in [0.25, 0.3) is 0 Å². The molecule has 2 aliphatic rings. The van der Waals surface area contributed by atoms with Crippen LogP contribution in [0.3, 0.4) is 0 Å². The number of carbonyl (C=O) groups is 1. The second-order valence-electron chi connectivity index (χ2n) is 6.98. The summed E-state index contributed by atoms with van der Waals surface area (Å²) in [4.78, 5) is 17.0. The average molecular weight is 324 g/mol. The van der Waals surface area contributed by atoms with E-state index in [-0.39, 0.29) is 5.91 Å². The van der Waals surface area contributed by atoms with Crippen LogP contribution in [-0.2, 0) is 0 Å². The third kappa shape index (κ3) is 2.79. The molecule has 2 aromatic rings. The summed E-state index contributed by atoms with van der Waals surface area (Å²) in [5.74, 6) is 0.652. The number of benzene rings is 1. The van der Waals surface area contributed by atoms with E-state index in [1.54, 1.807) is 0 Å². The monoisotopic (exact) mass is 324 g/mol. The number of piperazine rings is 1. The van der Waals surface area contributed by atoms with Crippen LogP contribution in [-0.4, -0.2) is 47.2 Å². The van der Waals surface area contributed by atoms with E-state index in [0.717, 1.165) is 31.9 Å². The lowest BCUT2D eigenvalue weighted by molar-refractivity contribution is 0.0741. The standard InChI is InChI=1S/C19H24N4O/c1-13-4-3-5-18(14(13)2)22-8-10-23(11-9-22)19(24)17-12-16(20-21-17)15-6-7-15/h3-5,12,15H,6-11H2,1-2H3,(H,20,21). The molecular weight excluding hydrogens is 300 g/mol. The molecule has 0 unspecified atom stereocenters. The number of H-pyrrole nitrogens is 1. The van der Waals surface area contributed by atoms with Crippen LogP contribution < -0.4 is 4.90 Å². The summed E-state index contributed by atoms with van der Waals surface area (Å²) in [6.07, 6.45) is 2.43. The third-order valence-electron chi connectivity index (χ3n) is 5.32. The molecule has 1 saturated carbocycles. The van der Waals surface area contributed by atoms with E-state index >= 15 is 0 Å². The smallest absolute Gasteiger partial charge is 0.274 e. The Morgan fingerprint density at radius 1 is 1.17 bits per heavy atom. The van der Waals surface area contributed by atoms with Crippen LogP contribution in [0.5, 0.6) is 0 Å². The highest BCUT2D eigenvalue weighted by Crippen LogP contribution is 2.39. The quantitative estimate of drug-likeness (QED) is 0.944. The van der Waals surface area contributed by atoms with Crippen molar-refractivity contribution in [2.45, 2.75) is 32.6 Å². The second kappa shape index (κ2) is 5.96. The molecule has 5 nitrogen and oxygen atoms in total. The van der Waals surface area contributed by atoms with Gasteiger partial charge in [-0.1, -0.05) is 12.1 Å². The number of hydrogen-bond acceptors (Lipinski definition) is 3. The van der Waals surface area contributed by atoms with Crippen LogP contribution in [0.15, 0.2) is 24.3 Å². The first-order chi connectivity index (χ1) is 11.6. The highest BCUT2D eigenvalue weighted by Gasteiger charge is 2.29. The van der Waals surface area contributed by atoms with Crippen molar-refractivity contribution in [3.63, 3.8) is 0 Å². The van der Waals surface area contributed by atoms with Gasteiger partial charge in [-0.3, -0.25) is 9.89 Å². The molecular formula is C19H24N4O. The molecule has 1 amide bonds. The number of anilines is 1. The number of aromatic nitrogens is 2. The highest BCUT2D eigenvalue weighted by molar-refractivity contribution is 5.92. The van der Waals surface area contributed by atoms with Gasteiger partial charge in [0.25, 0.3) is 5.91 Å². The van der Waals surface area contributed by atoms with Crippen LogP contribution in [0.4, 0.5) is 5.69 Å². The van der Waals surface area contributed by atoms with E-state index in [9.17, 15) is 4.79 Å². The minimum atomic E-state index is 0.0544. The van der Waals surface area contributed by atoms with Crippen molar-refractivity contribution in [2.24, 2.45) is 0 Å². The van der Waals surface area contributed by atoms with Crippen molar-refractivity contribution in [2.75, 3.05) is 31.1 Å². The van der Waals surface area contributed by atoms with E-state index in [1.165, 1.54) is 29.7 Å². The third-order valence-corrected chi connectivity index (χ3v) is 5.32. The Hall–Kier alpha value is -2.30. The first-order valence-corrected chi connectivity index (χ1v) is 8.79. The molecule has 1 saturated heterocycles. The highest BCUT2D eigenvalue weighted by atomic mass is 16.2. The number of nitrogens with one attached hydrogen (secondary N) is 1. The van der Waals surface area contributed by atoms with Gasteiger partial charge in [0.1, 0.15) is 5.69 Å². The van der Waals surface area contributed by atoms with E-state index < -0.39 is 0 Å². The Morgan fingerprint density at radius 3 is 2.62 bits per heavy atom. The molecule has 0 bridgehead atoms. The largest absolute Gasteiger partial charge is 0.368 e. The van der Waals surface area contributed by atoms with E-state index in [1.807, 2.05) is 11.0 Å². The van der Waals surface area contributed by atoms with Crippen molar-refractivity contribution < 1.29 is 4.79 Å². The van der Waals surface area contributed by atoms with Gasteiger partial charge in [-0.05, 0) is 49.9 Å². The van der Waals surface area contributed by atoms with E-state index in [0.29, 0.717) is 11.6 Å². The van der Waals surface area contributed by atoms with Crippen molar-refractivity contribution in [1.29, 1.82) is 0 Å². The maximum atomic E-state index is 12.6. The molecule has 1 aliphatic heterocycles. The molecule has 5 heteroatoms. The molecule has 0 atom stereocenters. The van der Waals surface area contributed by atoms with Crippen LogP contribution >= 0.6 is 0 Å².